The van der Waals surface area contributed by atoms with Crippen molar-refractivity contribution in [1.29, 1.82) is 0 Å². The third-order valence-corrected chi connectivity index (χ3v) is 6.72. The van der Waals surface area contributed by atoms with Crippen LogP contribution in [0.3, 0.4) is 0 Å². The van der Waals surface area contributed by atoms with Gasteiger partial charge in [-0.15, -0.1) is 0 Å². The molecule has 5 unspecified atom stereocenters. The standard InChI is InChI=1S/C19H28O3/c1-4-5-15-13(2)8-10-18(3)16(9-11-19(15,18)21)14-6-7-17(20)22-12-14/h6-7,12-13,15-16,21H,4-5,8-11H2,1-3H3. The molecule has 0 spiro atoms. The summed E-state index contributed by atoms with van der Waals surface area (Å²) in [6.45, 7) is 6.76. The van der Waals surface area contributed by atoms with Crippen molar-refractivity contribution in [3.8, 4) is 0 Å². The molecule has 122 valence electrons. The summed E-state index contributed by atoms with van der Waals surface area (Å²) in [6, 6.07) is 3.39. The molecule has 5 atom stereocenters. The Kier molecular flexibility index (Phi) is 3.96. The minimum Gasteiger partial charge on any atom is -0.431 e. The van der Waals surface area contributed by atoms with Gasteiger partial charge in [-0.1, -0.05) is 27.2 Å². The van der Waals surface area contributed by atoms with Crippen LogP contribution >= 0.6 is 0 Å². The first-order chi connectivity index (χ1) is 10.4. The van der Waals surface area contributed by atoms with Crippen molar-refractivity contribution in [3.05, 3.63) is 34.4 Å². The van der Waals surface area contributed by atoms with Gasteiger partial charge in [-0.25, -0.2) is 4.79 Å². The van der Waals surface area contributed by atoms with Gasteiger partial charge in [0.25, 0.3) is 0 Å². The van der Waals surface area contributed by atoms with E-state index < -0.39 is 5.60 Å². The summed E-state index contributed by atoms with van der Waals surface area (Å²) >= 11 is 0. The number of hydrogen-bond donors (Lipinski definition) is 1. The molecule has 0 aliphatic heterocycles. The van der Waals surface area contributed by atoms with Crippen LogP contribution in [0.15, 0.2) is 27.6 Å². The first kappa shape index (κ1) is 15.8. The van der Waals surface area contributed by atoms with Crippen molar-refractivity contribution in [1.82, 2.24) is 0 Å². The Bertz CT molecular complexity index is 572. The van der Waals surface area contributed by atoms with Crippen molar-refractivity contribution in [2.75, 3.05) is 0 Å². The third kappa shape index (κ3) is 2.17. The van der Waals surface area contributed by atoms with E-state index in [2.05, 4.69) is 20.8 Å². The molecule has 3 nitrogen and oxygen atoms in total. The molecule has 2 aliphatic rings. The van der Waals surface area contributed by atoms with Gasteiger partial charge in [0.1, 0.15) is 0 Å². The number of aliphatic hydroxyl groups is 1. The van der Waals surface area contributed by atoms with Crippen molar-refractivity contribution < 1.29 is 9.52 Å². The molecule has 0 bridgehead atoms. The summed E-state index contributed by atoms with van der Waals surface area (Å²) in [5.41, 5.74) is 0.0758. The summed E-state index contributed by atoms with van der Waals surface area (Å²) in [5.74, 6) is 1.26. The highest BCUT2D eigenvalue weighted by molar-refractivity contribution is 5.25. The van der Waals surface area contributed by atoms with Crippen molar-refractivity contribution in [2.24, 2.45) is 17.3 Å². The van der Waals surface area contributed by atoms with E-state index >= 15 is 0 Å². The molecule has 1 N–H and O–H groups in total. The molecule has 2 aliphatic carbocycles. The largest absolute Gasteiger partial charge is 0.431 e. The zero-order valence-electron chi connectivity index (χ0n) is 14.0. The average Bonchev–Trinajstić information content (AvgIpc) is 2.77. The highest BCUT2D eigenvalue weighted by Gasteiger charge is 2.62. The van der Waals surface area contributed by atoms with Crippen LogP contribution in [0.5, 0.6) is 0 Å². The second-order valence-corrected chi connectivity index (χ2v) is 7.73. The van der Waals surface area contributed by atoms with E-state index in [0.29, 0.717) is 11.8 Å². The number of rotatable bonds is 3. The van der Waals surface area contributed by atoms with Crippen molar-refractivity contribution >= 4 is 0 Å². The van der Waals surface area contributed by atoms with E-state index in [1.807, 2.05) is 6.07 Å². The van der Waals surface area contributed by atoms with E-state index in [9.17, 15) is 9.90 Å². The molecule has 2 saturated carbocycles. The molecule has 22 heavy (non-hydrogen) atoms. The van der Waals surface area contributed by atoms with Crippen LogP contribution in [0, 0.1) is 17.3 Å². The summed E-state index contributed by atoms with van der Waals surface area (Å²) in [7, 11) is 0. The normalized spacial score (nSPS) is 41.4. The van der Waals surface area contributed by atoms with Gasteiger partial charge in [0, 0.05) is 11.5 Å². The Balaban J connectivity index is 1.98. The Morgan fingerprint density at radius 1 is 1.32 bits per heavy atom. The summed E-state index contributed by atoms with van der Waals surface area (Å²) in [6.07, 6.45) is 7.90. The molecule has 0 aromatic carbocycles. The van der Waals surface area contributed by atoms with Crippen LogP contribution in [0.1, 0.15) is 70.8 Å². The molecule has 2 fully saturated rings. The van der Waals surface area contributed by atoms with Gasteiger partial charge in [0.2, 0.25) is 0 Å². The molecule has 0 radical (unpaired) electrons. The Hall–Kier alpha value is -1.09. The van der Waals surface area contributed by atoms with Gasteiger partial charge in [-0.05, 0) is 61.5 Å². The molecule has 0 saturated heterocycles. The van der Waals surface area contributed by atoms with E-state index in [1.165, 1.54) is 12.5 Å². The third-order valence-electron chi connectivity index (χ3n) is 6.72. The molecular weight excluding hydrogens is 276 g/mol. The number of fused-ring (bicyclic) bond motifs is 1. The first-order valence-electron chi connectivity index (χ1n) is 8.73. The lowest BCUT2D eigenvalue weighted by Gasteiger charge is -2.54. The van der Waals surface area contributed by atoms with Crippen LogP contribution in [-0.2, 0) is 0 Å². The van der Waals surface area contributed by atoms with E-state index in [1.54, 1.807) is 6.26 Å². The molecular formula is C19H28O3. The zero-order chi connectivity index (χ0) is 16.0. The fourth-order valence-corrected chi connectivity index (χ4v) is 5.41. The van der Waals surface area contributed by atoms with E-state index in [4.69, 9.17) is 4.42 Å². The predicted octanol–water partition coefficient (Wildman–Crippen LogP) is 4.10. The van der Waals surface area contributed by atoms with Gasteiger partial charge >= 0.3 is 5.63 Å². The maximum atomic E-state index is 11.6. The Labute approximate surface area is 132 Å². The van der Waals surface area contributed by atoms with Gasteiger partial charge < -0.3 is 9.52 Å². The second-order valence-electron chi connectivity index (χ2n) is 7.73. The summed E-state index contributed by atoms with van der Waals surface area (Å²) in [4.78, 5) is 11.2. The van der Waals surface area contributed by atoms with Gasteiger partial charge in [0.05, 0.1) is 11.9 Å². The first-order valence-corrected chi connectivity index (χ1v) is 8.73. The molecule has 3 heteroatoms. The lowest BCUT2D eigenvalue weighted by atomic mass is 9.54. The van der Waals surface area contributed by atoms with Gasteiger partial charge in [0.15, 0.2) is 0 Å². The topological polar surface area (TPSA) is 50.4 Å². The average molecular weight is 304 g/mol. The molecule has 0 amide bonds. The van der Waals surface area contributed by atoms with Gasteiger partial charge in [-0.2, -0.15) is 0 Å². The lowest BCUT2D eigenvalue weighted by Crippen LogP contribution is -2.55. The van der Waals surface area contributed by atoms with E-state index in [-0.39, 0.29) is 17.0 Å². The summed E-state index contributed by atoms with van der Waals surface area (Å²) < 4.78 is 5.09. The van der Waals surface area contributed by atoms with Gasteiger partial charge in [-0.3, -0.25) is 0 Å². The molecule has 1 aromatic heterocycles. The minimum atomic E-state index is -0.582. The fraction of sp³-hybridized carbons (Fsp3) is 0.737. The smallest absolute Gasteiger partial charge is 0.335 e. The number of hydrogen-bond acceptors (Lipinski definition) is 3. The van der Waals surface area contributed by atoms with Crippen LogP contribution in [0.4, 0.5) is 0 Å². The quantitative estimate of drug-likeness (QED) is 0.914. The highest BCUT2D eigenvalue weighted by atomic mass is 16.4. The van der Waals surface area contributed by atoms with Crippen LogP contribution in [0.25, 0.3) is 0 Å². The maximum Gasteiger partial charge on any atom is 0.335 e. The highest BCUT2D eigenvalue weighted by Crippen LogP contribution is 2.64. The SMILES string of the molecule is CCCC1C(C)CCC2(C)C(c3ccc(=O)oc3)CCC12O. The maximum absolute atomic E-state index is 11.6. The monoisotopic (exact) mass is 304 g/mol. The van der Waals surface area contributed by atoms with Crippen molar-refractivity contribution in [2.45, 2.75) is 70.8 Å². The van der Waals surface area contributed by atoms with Crippen molar-refractivity contribution in [3.63, 3.8) is 0 Å². The zero-order valence-corrected chi connectivity index (χ0v) is 14.0. The van der Waals surface area contributed by atoms with Crippen LogP contribution in [0.2, 0.25) is 0 Å². The molecule has 3 rings (SSSR count). The van der Waals surface area contributed by atoms with Crippen LogP contribution in [-0.4, -0.2) is 10.7 Å². The second kappa shape index (κ2) is 5.52. The summed E-state index contributed by atoms with van der Waals surface area (Å²) in [5, 5.41) is 11.6. The lowest BCUT2D eigenvalue weighted by molar-refractivity contribution is -0.150. The Morgan fingerprint density at radius 2 is 2.09 bits per heavy atom. The van der Waals surface area contributed by atoms with Crippen LogP contribution < -0.4 is 5.63 Å². The Morgan fingerprint density at radius 3 is 2.73 bits per heavy atom. The molecule has 1 heterocycles. The van der Waals surface area contributed by atoms with E-state index in [0.717, 1.165) is 37.7 Å². The fourth-order valence-electron chi connectivity index (χ4n) is 5.41. The minimum absolute atomic E-state index is 0.112. The molecule has 1 aromatic rings. The predicted molar refractivity (Wildman–Crippen MR) is 86.8 cm³/mol.